The van der Waals surface area contributed by atoms with Crippen LogP contribution in [0.3, 0.4) is 0 Å². The maximum absolute atomic E-state index is 12.4. The molecule has 0 saturated carbocycles. The van der Waals surface area contributed by atoms with Crippen molar-refractivity contribution in [3.05, 3.63) is 35.4 Å². The van der Waals surface area contributed by atoms with Crippen molar-refractivity contribution in [2.45, 2.75) is 32.6 Å². The summed E-state index contributed by atoms with van der Waals surface area (Å²) in [6.45, 7) is 6.32. The van der Waals surface area contributed by atoms with Gasteiger partial charge in [0.2, 0.25) is 10.0 Å². The molecule has 1 saturated heterocycles. The van der Waals surface area contributed by atoms with Crippen LogP contribution < -0.4 is 5.32 Å². The molecule has 0 aliphatic carbocycles. The molecular weight excluding hydrogens is 272 g/mol. The average molecular weight is 296 g/mol. The largest absolute Gasteiger partial charge is 0.316 e. The Morgan fingerprint density at radius 1 is 1.20 bits per heavy atom. The summed E-state index contributed by atoms with van der Waals surface area (Å²) in [5.41, 5.74) is 2.12. The molecule has 1 aliphatic rings. The zero-order chi connectivity index (χ0) is 14.8. The van der Waals surface area contributed by atoms with Crippen LogP contribution in [0.1, 0.15) is 31.4 Å². The smallest absolute Gasteiger partial charge is 0.218 e. The molecule has 20 heavy (non-hydrogen) atoms. The first-order chi connectivity index (χ1) is 9.32. The third kappa shape index (κ3) is 3.81. The van der Waals surface area contributed by atoms with Gasteiger partial charge in [0.1, 0.15) is 0 Å². The van der Waals surface area contributed by atoms with Crippen molar-refractivity contribution in [2.24, 2.45) is 5.41 Å². The first-order valence-corrected chi connectivity index (χ1v) is 8.64. The minimum Gasteiger partial charge on any atom is -0.316 e. The molecule has 2 rings (SSSR count). The summed E-state index contributed by atoms with van der Waals surface area (Å²) in [6.07, 6.45) is 0.938. The van der Waals surface area contributed by atoms with Crippen molar-refractivity contribution in [3.8, 4) is 0 Å². The summed E-state index contributed by atoms with van der Waals surface area (Å²) in [5.74, 6) is 0.100. The summed E-state index contributed by atoms with van der Waals surface area (Å²) >= 11 is 0. The summed E-state index contributed by atoms with van der Waals surface area (Å²) in [7, 11) is -1.30. The second-order valence-corrected chi connectivity index (χ2v) is 8.32. The highest BCUT2D eigenvalue weighted by Crippen LogP contribution is 2.31. The van der Waals surface area contributed by atoms with E-state index < -0.39 is 10.0 Å². The number of sulfonamides is 1. The van der Waals surface area contributed by atoms with Crippen LogP contribution in [-0.4, -0.2) is 32.9 Å². The quantitative estimate of drug-likeness (QED) is 0.904. The van der Waals surface area contributed by atoms with Gasteiger partial charge in [-0.3, -0.25) is 0 Å². The number of hydrogen-bond acceptors (Lipinski definition) is 3. The van der Waals surface area contributed by atoms with E-state index in [0.717, 1.165) is 24.1 Å². The number of nitrogens with zero attached hydrogens (tertiary/aromatic N) is 1. The van der Waals surface area contributed by atoms with E-state index in [1.54, 1.807) is 4.31 Å². The Labute approximate surface area is 122 Å². The number of rotatable bonds is 5. The molecule has 1 fully saturated rings. The lowest BCUT2D eigenvalue weighted by Gasteiger charge is -2.19. The molecular formula is C15H24N2O2S. The van der Waals surface area contributed by atoms with Crippen LogP contribution >= 0.6 is 0 Å². The van der Waals surface area contributed by atoms with Gasteiger partial charge in [0.15, 0.2) is 0 Å². The van der Waals surface area contributed by atoms with Gasteiger partial charge in [-0.1, -0.05) is 38.1 Å². The monoisotopic (exact) mass is 296 g/mol. The zero-order valence-electron chi connectivity index (χ0n) is 12.5. The van der Waals surface area contributed by atoms with Crippen LogP contribution in [0.2, 0.25) is 0 Å². The highest BCUT2D eigenvalue weighted by molar-refractivity contribution is 7.88. The fourth-order valence-electron chi connectivity index (χ4n) is 2.56. The molecule has 1 aliphatic heterocycles. The molecule has 0 amide bonds. The van der Waals surface area contributed by atoms with E-state index in [-0.39, 0.29) is 11.2 Å². The Hall–Kier alpha value is -0.910. The third-order valence-corrected chi connectivity index (χ3v) is 5.59. The maximum Gasteiger partial charge on any atom is 0.218 e. The van der Waals surface area contributed by atoms with Gasteiger partial charge < -0.3 is 5.32 Å². The van der Waals surface area contributed by atoms with E-state index in [9.17, 15) is 8.42 Å². The van der Waals surface area contributed by atoms with Crippen molar-refractivity contribution in [1.82, 2.24) is 9.62 Å². The molecule has 0 spiro atoms. The maximum atomic E-state index is 12.4. The Balaban J connectivity index is 2.05. The first-order valence-electron chi connectivity index (χ1n) is 7.03. The highest BCUT2D eigenvalue weighted by atomic mass is 32.2. The fraction of sp³-hybridized carbons (Fsp3) is 0.600. The predicted molar refractivity (Wildman–Crippen MR) is 81.8 cm³/mol. The van der Waals surface area contributed by atoms with Crippen LogP contribution in [0.25, 0.3) is 0 Å². The van der Waals surface area contributed by atoms with E-state index in [1.165, 1.54) is 0 Å². The Bertz CT molecular complexity index is 550. The van der Waals surface area contributed by atoms with Gasteiger partial charge in [-0.2, -0.15) is 0 Å². The molecule has 112 valence electrons. The summed E-state index contributed by atoms with van der Waals surface area (Å²) in [5, 5.41) is 3.08. The van der Waals surface area contributed by atoms with Crippen molar-refractivity contribution in [3.63, 3.8) is 0 Å². The molecule has 0 unspecified atom stereocenters. The molecule has 4 nitrogen and oxygen atoms in total. The molecule has 1 heterocycles. The van der Waals surface area contributed by atoms with Gasteiger partial charge >= 0.3 is 0 Å². The van der Waals surface area contributed by atoms with E-state index >= 15 is 0 Å². The Kier molecular flexibility index (Phi) is 4.52. The second-order valence-electron chi connectivity index (χ2n) is 6.35. The van der Waals surface area contributed by atoms with Crippen molar-refractivity contribution in [2.75, 3.05) is 20.1 Å². The molecule has 1 aromatic rings. The van der Waals surface area contributed by atoms with Gasteiger partial charge in [-0.25, -0.2) is 12.7 Å². The van der Waals surface area contributed by atoms with E-state index in [4.69, 9.17) is 0 Å². The third-order valence-electron chi connectivity index (χ3n) is 3.79. The van der Waals surface area contributed by atoms with Crippen LogP contribution in [0.5, 0.6) is 0 Å². The SMILES string of the molecule is CNCc1ccc(CS(=O)(=O)N2CCC(C)(C)C2)cc1. The van der Waals surface area contributed by atoms with E-state index in [1.807, 2.05) is 31.3 Å². The molecule has 1 aromatic carbocycles. The lowest BCUT2D eigenvalue weighted by molar-refractivity contribution is 0.375. The Morgan fingerprint density at radius 3 is 2.30 bits per heavy atom. The lowest BCUT2D eigenvalue weighted by atomic mass is 9.93. The minimum atomic E-state index is -3.19. The molecule has 0 aromatic heterocycles. The summed E-state index contributed by atoms with van der Waals surface area (Å²) in [4.78, 5) is 0. The van der Waals surface area contributed by atoms with Gasteiger partial charge in [0.05, 0.1) is 5.75 Å². The van der Waals surface area contributed by atoms with Crippen LogP contribution in [0.4, 0.5) is 0 Å². The van der Waals surface area contributed by atoms with Gasteiger partial charge in [-0.15, -0.1) is 0 Å². The van der Waals surface area contributed by atoms with Gasteiger partial charge in [-0.05, 0) is 30.0 Å². The minimum absolute atomic E-state index is 0.100. The van der Waals surface area contributed by atoms with E-state index in [0.29, 0.717) is 13.1 Å². The van der Waals surface area contributed by atoms with Gasteiger partial charge in [0, 0.05) is 19.6 Å². The number of benzene rings is 1. The van der Waals surface area contributed by atoms with Crippen LogP contribution in [-0.2, 0) is 22.3 Å². The second kappa shape index (κ2) is 5.84. The predicted octanol–water partition coefficient (Wildman–Crippen LogP) is 1.97. The van der Waals surface area contributed by atoms with Crippen molar-refractivity contribution in [1.29, 1.82) is 0 Å². The molecule has 0 atom stereocenters. The standard InChI is InChI=1S/C15H24N2O2S/c1-15(2)8-9-17(12-15)20(18,19)11-14-6-4-13(5-7-14)10-16-3/h4-7,16H,8-12H2,1-3H3. The normalized spacial score (nSPS) is 19.4. The number of nitrogens with one attached hydrogen (secondary N) is 1. The topological polar surface area (TPSA) is 49.4 Å². The first kappa shape index (κ1) is 15.5. The van der Waals surface area contributed by atoms with Crippen molar-refractivity contribution >= 4 is 10.0 Å². The Morgan fingerprint density at radius 2 is 1.80 bits per heavy atom. The van der Waals surface area contributed by atoms with Gasteiger partial charge in [0.25, 0.3) is 0 Å². The molecule has 5 heteroatoms. The summed E-state index contributed by atoms with van der Waals surface area (Å²) in [6, 6.07) is 7.78. The van der Waals surface area contributed by atoms with Crippen LogP contribution in [0.15, 0.2) is 24.3 Å². The fourth-order valence-corrected chi connectivity index (χ4v) is 4.27. The molecule has 1 N–H and O–H groups in total. The average Bonchev–Trinajstić information content (AvgIpc) is 2.73. The summed E-state index contributed by atoms with van der Waals surface area (Å²) < 4.78 is 26.5. The van der Waals surface area contributed by atoms with Crippen molar-refractivity contribution < 1.29 is 8.42 Å². The highest BCUT2D eigenvalue weighted by Gasteiger charge is 2.35. The van der Waals surface area contributed by atoms with Crippen LogP contribution in [0, 0.1) is 5.41 Å². The molecule has 0 radical (unpaired) electrons. The molecule has 0 bridgehead atoms. The van der Waals surface area contributed by atoms with E-state index in [2.05, 4.69) is 19.2 Å². The lowest BCUT2D eigenvalue weighted by Crippen LogP contribution is -2.31. The number of hydrogen-bond donors (Lipinski definition) is 1. The zero-order valence-corrected chi connectivity index (χ0v) is 13.3.